The van der Waals surface area contributed by atoms with Crippen molar-refractivity contribution in [2.75, 3.05) is 6.54 Å². The first-order chi connectivity index (χ1) is 11.4. The summed E-state index contributed by atoms with van der Waals surface area (Å²) in [4.78, 5) is 25.9. The van der Waals surface area contributed by atoms with Gasteiger partial charge in [0.1, 0.15) is 0 Å². The van der Waals surface area contributed by atoms with Gasteiger partial charge in [-0.15, -0.1) is 0 Å². The maximum Gasteiger partial charge on any atom is 0.223 e. The quantitative estimate of drug-likeness (QED) is 0.842. The van der Waals surface area contributed by atoms with Gasteiger partial charge in [-0.05, 0) is 30.0 Å². The van der Waals surface area contributed by atoms with Crippen LogP contribution in [0.25, 0.3) is 6.08 Å². The lowest BCUT2D eigenvalue weighted by Gasteiger charge is -2.33. The van der Waals surface area contributed by atoms with Crippen molar-refractivity contribution in [3.8, 4) is 0 Å². The van der Waals surface area contributed by atoms with Gasteiger partial charge in [0.05, 0.1) is 18.1 Å². The van der Waals surface area contributed by atoms with Crippen LogP contribution in [0.2, 0.25) is 0 Å². The van der Waals surface area contributed by atoms with Crippen LogP contribution in [0, 0.1) is 0 Å². The van der Waals surface area contributed by atoms with Crippen molar-refractivity contribution in [1.82, 2.24) is 10.2 Å². The second-order valence-electron chi connectivity index (χ2n) is 6.30. The van der Waals surface area contributed by atoms with E-state index in [1.807, 2.05) is 44.2 Å². The van der Waals surface area contributed by atoms with Crippen LogP contribution >= 0.6 is 0 Å². The van der Waals surface area contributed by atoms with Gasteiger partial charge in [-0.3, -0.25) is 9.59 Å². The fourth-order valence-corrected chi connectivity index (χ4v) is 2.92. The van der Waals surface area contributed by atoms with E-state index >= 15 is 0 Å². The standard InChI is InChI=1S/C19H26N2O3/c1-4-19(24,5-2)13-20-18(23)12-17-16-9-7-6-8-15(16)10-11-21(17)14(3)22/h6-11,17,24H,4-5,12-13H2,1-3H3,(H,20,23). The van der Waals surface area contributed by atoms with Gasteiger partial charge in [-0.1, -0.05) is 38.1 Å². The number of aliphatic hydroxyl groups is 1. The van der Waals surface area contributed by atoms with E-state index in [4.69, 9.17) is 0 Å². The molecule has 1 unspecified atom stereocenters. The highest BCUT2D eigenvalue weighted by molar-refractivity contribution is 5.81. The fourth-order valence-electron chi connectivity index (χ4n) is 2.92. The number of rotatable bonds is 6. The Bertz CT molecular complexity index is 635. The van der Waals surface area contributed by atoms with Crippen molar-refractivity contribution < 1.29 is 14.7 Å². The van der Waals surface area contributed by atoms with E-state index in [0.29, 0.717) is 12.8 Å². The van der Waals surface area contributed by atoms with Crippen LogP contribution in [-0.4, -0.2) is 34.0 Å². The van der Waals surface area contributed by atoms with Gasteiger partial charge in [-0.2, -0.15) is 0 Å². The number of nitrogens with zero attached hydrogens (tertiary/aromatic N) is 1. The van der Waals surface area contributed by atoms with Gasteiger partial charge in [0.2, 0.25) is 11.8 Å². The summed E-state index contributed by atoms with van der Waals surface area (Å²) < 4.78 is 0. The van der Waals surface area contributed by atoms with Crippen molar-refractivity contribution >= 4 is 17.9 Å². The van der Waals surface area contributed by atoms with Crippen LogP contribution in [0.1, 0.15) is 57.2 Å². The zero-order valence-corrected chi connectivity index (χ0v) is 14.6. The zero-order valence-electron chi connectivity index (χ0n) is 14.6. The maximum atomic E-state index is 12.4. The van der Waals surface area contributed by atoms with E-state index in [1.54, 1.807) is 11.1 Å². The van der Waals surface area contributed by atoms with Gasteiger partial charge < -0.3 is 15.3 Å². The fraction of sp³-hybridized carbons (Fsp3) is 0.474. The first kappa shape index (κ1) is 18.2. The lowest BCUT2D eigenvalue weighted by molar-refractivity contribution is -0.130. The van der Waals surface area contributed by atoms with E-state index in [9.17, 15) is 14.7 Å². The summed E-state index contributed by atoms with van der Waals surface area (Å²) in [6.07, 6.45) is 4.95. The second-order valence-corrected chi connectivity index (χ2v) is 6.30. The predicted molar refractivity (Wildman–Crippen MR) is 93.9 cm³/mol. The first-order valence-corrected chi connectivity index (χ1v) is 8.45. The summed E-state index contributed by atoms with van der Waals surface area (Å²) in [7, 11) is 0. The number of amides is 2. The van der Waals surface area contributed by atoms with Crippen molar-refractivity contribution in [3.05, 3.63) is 41.6 Å². The molecule has 1 heterocycles. The summed E-state index contributed by atoms with van der Waals surface area (Å²) in [5, 5.41) is 13.1. The third kappa shape index (κ3) is 4.03. The predicted octanol–water partition coefficient (Wildman–Crippen LogP) is 2.62. The molecule has 0 aliphatic carbocycles. The molecule has 0 radical (unpaired) electrons. The zero-order chi connectivity index (χ0) is 17.7. The van der Waals surface area contributed by atoms with Gasteiger partial charge in [-0.25, -0.2) is 0 Å². The van der Waals surface area contributed by atoms with Crippen LogP contribution < -0.4 is 5.32 Å². The monoisotopic (exact) mass is 330 g/mol. The average Bonchev–Trinajstić information content (AvgIpc) is 2.59. The molecule has 1 aromatic carbocycles. The summed E-state index contributed by atoms with van der Waals surface area (Å²) in [5.74, 6) is -0.270. The van der Waals surface area contributed by atoms with Gasteiger partial charge in [0.15, 0.2) is 0 Å². The number of fused-ring (bicyclic) bond motifs is 1. The Morgan fingerprint density at radius 1 is 1.25 bits per heavy atom. The molecule has 0 spiro atoms. The Kier molecular flexibility index (Phi) is 5.78. The number of nitrogens with one attached hydrogen (secondary N) is 1. The summed E-state index contributed by atoms with van der Waals surface area (Å²) in [6.45, 7) is 5.52. The number of hydrogen-bond donors (Lipinski definition) is 2. The summed E-state index contributed by atoms with van der Waals surface area (Å²) in [6, 6.07) is 7.45. The highest BCUT2D eigenvalue weighted by Gasteiger charge is 2.29. The van der Waals surface area contributed by atoms with Crippen molar-refractivity contribution in [2.24, 2.45) is 0 Å². The molecule has 130 valence electrons. The smallest absolute Gasteiger partial charge is 0.223 e. The summed E-state index contributed by atoms with van der Waals surface area (Å²) >= 11 is 0. The third-order valence-electron chi connectivity index (χ3n) is 4.78. The first-order valence-electron chi connectivity index (χ1n) is 8.45. The van der Waals surface area contributed by atoms with Gasteiger partial charge in [0, 0.05) is 19.7 Å². The van der Waals surface area contributed by atoms with Crippen molar-refractivity contribution in [2.45, 2.75) is 51.7 Å². The van der Waals surface area contributed by atoms with Gasteiger partial charge >= 0.3 is 0 Å². The van der Waals surface area contributed by atoms with Crippen molar-refractivity contribution in [1.29, 1.82) is 0 Å². The molecule has 2 N–H and O–H groups in total. The molecular formula is C19H26N2O3. The molecule has 2 amide bonds. The molecule has 24 heavy (non-hydrogen) atoms. The lowest BCUT2D eigenvalue weighted by Crippen LogP contribution is -2.43. The van der Waals surface area contributed by atoms with E-state index in [1.165, 1.54) is 6.92 Å². The number of carbonyl (C=O) groups excluding carboxylic acids is 2. The van der Waals surface area contributed by atoms with E-state index in [-0.39, 0.29) is 30.8 Å². The number of benzene rings is 1. The van der Waals surface area contributed by atoms with Crippen LogP contribution in [-0.2, 0) is 9.59 Å². The van der Waals surface area contributed by atoms with E-state index in [2.05, 4.69) is 5.32 Å². The highest BCUT2D eigenvalue weighted by atomic mass is 16.3. The maximum absolute atomic E-state index is 12.4. The average molecular weight is 330 g/mol. The molecule has 1 aromatic rings. The largest absolute Gasteiger partial charge is 0.388 e. The minimum Gasteiger partial charge on any atom is -0.388 e. The summed E-state index contributed by atoms with van der Waals surface area (Å²) in [5.41, 5.74) is 1.11. The minimum absolute atomic E-state index is 0.0998. The third-order valence-corrected chi connectivity index (χ3v) is 4.78. The van der Waals surface area contributed by atoms with Crippen molar-refractivity contribution in [3.63, 3.8) is 0 Å². The minimum atomic E-state index is -0.875. The molecular weight excluding hydrogens is 304 g/mol. The molecule has 1 aliphatic rings. The van der Waals surface area contributed by atoms with Crippen LogP contribution in [0.3, 0.4) is 0 Å². The Morgan fingerprint density at radius 2 is 1.92 bits per heavy atom. The van der Waals surface area contributed by atoms with Gasteiger partial charge in [0.25, 0.3) is 0 Å². The van der Waals surface area contributed by atoms with E-state index in [0.717, 1.165) is 11.1 Å². The Morgan fingerprint density at radius 3 is 2.54 bits per heavy atom. The molecule has 2 rings (SSSR count). The molecule has 5 nitrogen and oxygen atoms in total. The second kappa shape index (κ2) is 7.62. The molecule has 1 aliphatic heterocycles. The molecule has 0 saturated carbocycles. The molecule has 1 atom stereocenters. The topological polar surface area (TPSA) is 69.6 Å². The Labute approximate surface area is 143 Å². The van der Waals surface area contributed by atoms with Crippen LogP contribution in [0.4, 0.5) is 0 Å². The van der Waals surface area contributed by atoms with Crippen LogP contribution in [0.15, 0.2) is 30.5 Å². The SMILES string of the molecule is CCC(O)(CC)CNC(=O)CC1c2ccccc2C=CN1C(C)=O. The molecule has 0 bridgehead atoms. The Balaban J connectivity index is 2.12. The Hall–Kier alpha value is -2.14. The number of carbonyl (C=O) groups is 2. The highest BCUT2D eigenvalue weighted by Crippen LogP contribution is 2.32. The number of hydrogen-bond acceptors (Lipinski definition) is 3. The van der Waals surface area contributed by atoms with E-state index < -0.39 is 5.60 Å². The molecule has 0 fully saturated rings. The van der Waals surface area contributed by atoms with Crippen LogP contribution in [0.5, 0.6) is 0 Å². The molecule has 0 saturated heterocycles. The normalized spacial score (nSPS) is 16.7. The molecule has 5 heteroatoms. The lowest BCUT2D eigenvalue weighted by atomic mass is 9.93. The molecule has 0 aromatic heterocycles.